The van der Waals surface area contributed by atoms with Crippen molar-refractivity contribution < 1.29 is 9.53 Å². The molecule has 8 nitrogen and oxygen atoms in total. The maximum Gasteiger partial charge on any atom is 0.322 e. The van der Waals surface area contributed by atoms with Crippen molar-refractivity contribution in [3.8, 4) is 11.4 Å². The molecule has 1 aliphatic rings. The minimum atomic E-state index is -0.107. The summed E-state index contributed by atoms with van der Waals surface area (Å²) in [5.41, 5.74) is 2.62. The van der Waals surface area contributed by atoms with E-state index in [2.05, 4.69) is 20.8 Å². The Hall–Kier alpha value is -3.42. The van der Waals surface area contributed by atoms with Gasteiger partial charge in [-0.1, -0.05) is 18.2 Å². The Balaban J connectivity index is 1.50. The molecule has 2 amide bonds. The lowest BCUT2D eigenvalue weighted by Gasteiger charge is -2.25. The third kappa shape index (κ3) is 3.53. The molecule has 1 saturated heterocycles. The van der Waals surface area contributed by atoms with Crippen LogP contribution in [0.3, 0.4) is 0 Å². The quantitative estimate of drug-likeness (QED) is 0.752. The Bertz CT molecular complexity index is 969. The molecular formula is C20H22N6O2. The largest absolute Gasteiger partial charge is 0.497 e. The van der Waals surface area contributed by atoms with Crippen LogP contribution in [0, 0.1) is 6.92 Å². The zero-order valence-electron chi connectivity index (χ0n) is 15.9. The van der Waals surface area contributed by atoms with E-state index in [9.17, 15) is 4.79 Å². The van der Waals surface area contributed by atoms with E-state index in [0.29, 0.717) is 11.5 Å². The number of carbonyl (C=O) groups excluding carboxylic acids is 1. The van der Waals surface area contributed by atoms with E-state index in [4.69, 9.17) is 4.74 Å². The van der Waals surface area contributed by atoms with Crippen LogP contribution in [-0.4, -0.2) is 44.8 Å². The molecule has 1 N–H and O–H groups in total. The first kappa shape index (κ1) is 18.0. The van der Waals surface area contributed by atoms with Gasteiger partial charge in [0, 0.05) is 12.2 Å². The Kier molecular flexibility index (Phi) is 4.92. The number of methoxy groups -OCH3 is 1. The SMILES string of the molecule is COc1ccc(C2CCCN2C(=O)Nc2cccc(-n3nnnc3C)c2)cc1. The molecule has 144 valence electrons. The average molecular weight is 378 g/mol. The molecule has 3 aromatic rings. The number of nitrogens with zero attached hydrogens (tertiary/aromatic N) is 5. The number of anilines is 1. The zero-order valence-corrected chi connectivity index (χ0v) is 15.9. The first-order valence-corrected chi connectivity index (χ1v) is 9.23. The van der Waals surface area contributed by atoms with Gasteiger partial charge in [-0.15, -0.1) is 5.10 Å². The minimum Gasteiger partial charge on any atom is -0.497 e. The lowest BCUT2D eigenvalue weighted by molar-refractivity contribution is 0.207. The highest BCUT2D eigenvalue weighted by atomic mass is 16.5. The second-order valence-corrected chi connectivity index (χ2v) is 6.74. The number of aromatic nitrogens is 4. The molecule has 0 radical (unpaired) electrons. The van der Waals surface area contributed by atoms with Crippen LogP contribution in [0.2, 0.25) is 0 Å². The number of amides is 2. The minimum absolute atomic E-state index is 0.0656. The number of tetrazole rings is 1. The third-order valence-corrected chi connectivity index (χ3v) is 4.98. The number of aryl methyl sites for hydroxylation is 1. The summed E-state index contributed by atoms with van der Waals surface area (Å²) in [7, 11) is 1.65. The van der Waals surface area contributed by atoms with Crippen molar-refractivity contribution >= 4 is 11.7 Å². The van der Waals surface area contributed by atoms with Crippen molar-refractivity contribution in [2.75, 3.05) is 19.0 Å². The topological polar surface area (TPSA) is 85.2 Å². The van der Waals surface area contributed by atoms with E-state index >= 15 is 0 Å². The number of hydrogen-bond donors (Lipinski definition) is 1. The van der Waals surface area contributed by atoms with Gasteiger partial charge in [-0.25, -0.2) is 4.79 Å². The van der Waals surface area contributed by atoms with Crippen molar-refractivity contribution in [3.63, 3.8) is 0 Å². The summed E-state index contributed by atoms with van der Waals surface area (Å²) in [4.78, 5) is 14.8. The molecule has 1 unspecified atom stereocenters. The van der Waals surface area contributed by atoms with E-state index in [1.165, 1.54) is 0 Å². The zero-order chi connectivity index (χ0) is 19.5. The predicted molar refractivity (Wildman–Crippen MR) is 105 cm³/mol. The molecule has 28 heavy (non-hydrogen) atoms. The van der Waals surface area contributed by atoms with Crippen LogP contribution < -0.4 is 10.1 Å². The van der Waals surface area contributed by atoms with Gasteiger partial charge in [0.05, 0.1) is 18.8 Å². The Morgan fingerprint density at radius 2 is 2.04 bits per heavy atom. The molecule has 1 atom stereocenters. The molecular weight excluding hydrogens is 356 g/mol. The van der Waals surface area contributed by atoms with Gasteiger partial charge < -0.3 is 15.0 Å². The Morgan fingerprint density at radius 3 is 2.75 bits per heavy atom. The van der Waals surface area contributed by atoms with E-state index in [0.717, 1.165) is 36.4 Å². The maximum atomic E-state index is 12.9. The monoisotopic (exact) mass is 378 g/mol. The van der Waals surface area contributed by atoms with E-state index in [1.54, 1.807) is 11.8 Å². The fourth-order valence-corrected chi connectivity index (χ4v) is 3.56. The number of nitrogens with one attached hydrogen (secondary N) is 1. The number of hydrogen-bond acceptors (Lipinski definition) is 5. The Morgan fingerprint density at radius 1 is 1.21 bits per heavy atom. The van der Waals surface area contributed by atoms with Gasteiger partial charge in [0.2, 0.25) is 0 Å². The summed E-state index contributed by atoms with van der Waals surface area (Å²) < 4.78 is 6.86. The van der Waals surface area contributed by atoms with Gasteiger partial charge in [-0.05, 0) is 66.1 Å². The van der Waals surface area contributed by atoms with Gasteiger partial charge in [-0.2, -0.15) is 4.68 Å². The van der Waals surface area contributed by atoms with Crippen molar-refractivity contribution in [3.05, 3.63) is 59.9 Å². The van der Waals surface area contributed by atoms with Gasteiger partial charge in [0.1, 0.15) is 5.75 Å². The number of likely N-dealkylation sites (tertiary alicyclic amines) is 1. The van der Waals surface area contributed by atoms with Gasteiger partial charge in [0.25, 0.3) is 0 Å². The van der Waals surface area contributed by atoms with Crippen LogP contribution in [0.1, 0.15) is 30.3 Å². The van der Waals surface area contributed by atoms with Gasteiger partial charge in [-0.3, -0.25) is 0 Å². The number of rotatable bonds is 4. The van der Waals surface area contributed by atoms with Crippen LogP contribution in [0.15, 0.2) is 48.5 Å². The molecule has 8 heteroatoms. The van der Waals surface area contributed by atoms with E-state index < -0.39 is 0 Å². The van der Waals surface area contributed by atoms with Crippen LogP contribution in [0.5, 0.6) is 5.75 Å². The Labute approximate surface area is 163 Å². The summed E-state index contributed by atoms with van der Waals surface area (Å²) in [6, 6.07) is 15.4. The first-order valence-electron chi connectivity index (χ1n) is 9.23. The lowest BCUT2D eigenvalue weighted by atomic mass is 10.0. The van der Waals surface area contributed by atoms with Crippen LogP contribution in [-0.2, 0) is 0 Å². The van der Waals surface area contributed by atoms with Gasteiger partial charge in [0.15, 0.2) is 5.82 Å². The molecule has 0 spiro atoms. The van der Waals surface area contributed by atoms with Crippen molar-refractivity contribution in [1.82, 2.24) is 25.1 Å². The second kappa shape index (κ2) is 7.67. The van der Waals surface area contributed by atoms with Gasteiger partial charge >= 0.3 is 6.03 Å². The molecule has 0 aliphatic carbocycles. The van der Waals surface area contributed by atoms with Crippen molar-refractivity contribution in [2.45, 2.75) is 25.8 Å². The molecule has 4 rings (SSSR count). The number of ether oxygens (including phenoxy) is 1. The van der Waals surface area contributed by atoms with Crippen molar-refractivity contribution in [2.24, 2.45) is 0 Å². The smallest absolute Gasteiger partial charge is 0.322 e. The molecule has 0 bridgehead atoms. The molecule has 1 fully saturated rings. The van der Waals surface area contributed by atoms with Crippen LogP contribution in [0.25, 0.3) is 5.69 Å². The first-order chi connectivity index (χ1) is 13.7. The summed E-state index contributed by atoms with van der Waals surface area (Å²) in [6.07, 6.45) is 1.93. The average Bonchev–Trinajstić information content (AvgIpc) is 3.37. The molecule has 0 saturated carbocycles. The molecule has 1 aliphatic heterocycles. The predicted octanol–water partition coefficient (Wildman–Crippen LogP) is 3.35. The standard InChI is InChI=1S/C20H22N6O2/c1-14-22-23-24-26(14)17-6-3-5-16(13-17)21-20(27)25-12-4-7-19(25)15-8-10-18(28-2)11-9-15/h3,5-6,8-11,13,19H,4,7,12H2,1-2H3,(H,21,27). The normalized spacial score (nSPS) is 16.2. The second-order valence-electron chi connectivity index (χ2n) is 6.74. The molecule has 2 heterocycles. The molecule has 2 aromatic carbocycles. The van der Waals surface area contributed by atoms with E-state index in [-0.39, 0.29) is 12.1 Å². The summed E-state index contributed by atoms with van der Waals surface area (Å²) >= 11 is 0. The van der Waals surface area contributed by atoms with Crippen LogP contribution in [0.4, 0.5) is 10.5 Å². The molecule has 1 aromatic heterocycles. The number of urea groups is 1. The highest BCUT2D eigenvalue weighted by Gasteiger charge is 2.30. The number of carbonyl (C=O) groups is 1. The highest BCUT2D eigenvalue weighted by molar-refractivity contribution is 5.90. The highest BCUT2D eigenvalue weighted by Crippen LogP contribution is 2.33. The number of benzene rings is 2. The van der Waals surface area contributed by atoms with E-state index in [1.807, 2.05) is 60.4 Å². The fraction of sp³-hybridized carbons (Fsp3) is 0.300. The maximum absolute atomic E-state index is 12.9. The summed E-state index contributed by atoms with van der Waals surface area (Å²) in [5, 5.41) is 14.5. The summed E-state index contributed by atoms with van der Waals surface area (Å²) in [6.45, 7) is 2.56. The van der Waals surface area contributed by atoms with Crippen LogP contribution >= 0.6 is 0 Å². The third-order valence-electron chi connectivity index (χ3n) is 4.98. The lowest BCUT2D eigenvalue weighted by Crippen LogP contribution is -2.34. The summed E-state index contributed by atoms with van der Waals surface area (Å²) in [5.74, 6) is 1.50. The van der Waals surface area contributed by atoms with Crippen molar-refractivity contribution in [1.29, 1.82) is 0 Å². The fourth-order valence-electron chi connectivity index (χ4n) is 3.56.